The Balaban J connectivity index is 1.33. The summed E-state index contributed by atoms with van der Waals surface area (Å²) in [6.07, 6.45) is 3.75. The van der Waals surface area contributed by atoms with Crippen LogP contribution in [0.4, 0.5) is 0 Å². The van der Waals surface area contributed by atoms with Crippen molar-refractivity contribution in [2.24, 2.45) is 0 Å². The van der Waals surface area contributed by atoms with Gasteiger partial charge in [-0.15, -0.1) is 15.3 Å². The number of aromatic nitrogens is 5. The smallest absolute Gasteiger partial charge is 0.273 e. The lowest BCUT2D eigenvalue weighted by Gasteiger charge is -2.33. The minimum Gasteiger partial charge on any atom is -0.381 e. The molecule has 0 radical (unpaired) electrons. The van der Waals surface area contributed by atoms with Gasteiger partial charge in [0, 0.05) is 12.7 Å². The van der Waals surface area contributed by atoms with Crippen LogP contribution in [0.1, 0.15) is 34.4 Å². The molecule has 4 rings (SSSR count). The van der Waals surface area contributed by atoms with Crippen LogP contribution in [0.5, 0.6) is 0 Å². The van der Waals surface area contributed by atoms with Gasteiger partial charge in [-0.1, -0.05) is 46.9 Å². The van der Waals surface area contributed by atoms with Gasteiger partial charge < -0.3 is 10.1 Å². The molecule has 9 heteroatoms. The second-order valence-electron chi connectivity index (χ2n) is 6.12. The van der Waals surface area contributed by atoms with E-state index in [4.69, 9.17) is 4.74 Å². The standard InChI is InChI=1S/C17H18N6O2S/c1-25-13-7-12(8-13)23-10-14(19-22-23)16(24)18-9-15-20-21-17(26-15)11-5-3-2-4-6-11/h2-6,10,12-13H,7-9H2,1H3,(H,18,24). The largest absolute Gasteiger partial charge is 0.381 e. The quantitative estimate of drug-likeness (QED) is 0.714. The number of ether oxygens (including phenoxy) is 1. The minimum absolute atomic E-state index is 0.255. The first kappa shape index (κ1) is 16.8. The Bertz CT molecular complexity index is 888. The summed E-state index contributed by atoms with van der Waals surface area (Å²) < 4.78 is 7.00. The molecule has 0 aliphatic heterocycles. The fourth-order valence-corrected chi connectivity index (χ4v) is 3.56. The van der Waals surface area contributed by atoms with Crippen LogP contribution in [0.15, 0.2) is 36.5 Å². The number of nitrogens with one attached hydrogen (secondary N) is 1. The Morgan fingerprint density at radius 1 is 1.27 bits per heavy atom. The molecule has 1 amide bonds. The summed E-state index contributed by atoms with van der Waals surface area (Å²) in [6.45, 7) is 0.311. The van der Waals surface area contributed by atoms with E-state index in [-0.39, 0.29) is 18.1 Å². The van der Waals surface area contributed by atoms with Crippen molar-refractivity contribution in [3.63, 3.8) is 0 Å². The Morgan fingerprint density at radius 2 is 2.08 bits per heavy atom. The van der Waals surface area contributed by atoms with Crippen molar-refractivity contribution in [1.82, 2.24) is 30.5 Å². The van der Waals surface area contributed by atoms with E-state index in [1.54, 1.807) is 18.0 Å². The highest BCUT2D eigenvalue weighted by Crippen LogP contribution is 2.33. The van der Waals surface area contributed by atoms with E-state index in [0.717, 1.165) is 28.4 Å². The van der Waals surface area contributed by atoms with Crippen molar-refractivity contribution in [3.05, 3.63) is 47.2 Å². The Labute approximate surface area is 154 Å². The third-order valence-corrected chi connectivity index (χ3v) is 5.38. The summed E-state index contributed by atoms with van der Waals surface area (Å²) in [5.41, 5.74) is 1.32. The first-order valence-corrected chi connectivity index (χ1v) is 9.15. The third-order valence-electron chi connectivity index (χ3n) is 4.41. The SMILES string of the molecule is COC1CC(n2cc(C(=O)NCc3nnc(-c4ccccc4)s3)nn2)C1. The first-order valence-electron chi connectivity index (χ1n) is 8.33. The molecule has 3 aromatic rings. The molecule has 2 heterocycles. The van der Waals surface area contributed by atoms with Crippen molar-refractivity contribution in [3.8, 4) is 10.6 Å². The van der Waals surface area contributed by atoms with Crippen LogP contribution in [0, 0.1) is 0 Å². The average molecular weight is 370 g/mol. The van der Waals surface area contributed by atoms with E-state index < -0.39 is 0 Å². The highest BCUT2D eigenvalue weighted by Gasteiger charge is 2.31. The van der Waals surface area contributed by atoms with Crippen LogP contribution in [0.3, 0.4) is 0 Å². The zero-order chi connectivity index (χ0) is 17.9. The zero-order valence-corrected chi connectivity index (χ0v) is 15.0. The van der Waals surface area contributed by atoms with Crippen molar-refractivity contribution in [2.45, 2.75) is 31.5 Å². The molecule has 0 saturated heterocycles. The van der Waals surface area contributed by atoms with Gasteiger partial charge in [0.25, 0.3) is 5.91 Å². The Morgan fingerprint density at radius 3 is 2.85 bits per heavy atom. The van der Waals surface area contributed by atoms with Gasteiger partial charge in [0.15, 0.2) is 5.69 Å². The van der Waals surface area contributed by atoms with Crippen molar-refractivity contribution in [1.29, 1.82) is 0 Å². The third kappa shape index (κ3) is 3.49. The lowest BCUT2D eigenvalue weighted by atomic mass is 9.89. The van der Waals surface area contributed by atoms with E-state index in [1.807, 2.05) is 30.3 Å². The molecule has 8 nitrogen and oxygen atoms in total. The highest BCUT2D eigenvalue weighted by atomic mass is 32.1. The van der Waals surface area contributed by atoms with Gasteiger partial charge in [0.1, 0.15) is 10.0 Å². The van der Waals surface area contributed by atoms with Gasteiger partial charge in [-0.2, -0.15) is 0 Å². The first-order chi connectivity index (χ1) is 12.7. The molecule has 134 valence electrons. The predicted octanol–water partition coefficient (Wildman–Crippen LogP) is 2.08. The van der Waals surface area contributed by atoms with Crippen molar-refractivity contribution in [2.75, 3.05) is 7.11 Å². The van der Waals surface area contributed by atoms with Gasteiger partial charge >= 0.3 is 0 Å². The topological polar surface area (TPSA) is 94.8 Å². The maximum atomic E-state index is 12.3. The summed E-state index contributed by atoms with van der Waals surface area (Å²) in [4.78, 5) is 12.3. The second-order valence-corrected chi connectivity index (χ2v) is 7.18. The molecule has 1 N–H and O–H groups in total. The van der Waals surface area contributed by atoms with Gasteiger partial charge in [-0.25, -0.2) is 4.68 Å². The summed E-state index contributed by atoms with van der Waals surface area (Å²) in [7, 11) is 1.71. The van der Waals surface area contributed by atoms with Crippen LogP contribution < -0.4 is 5.32 Å². The van der Waals surface area contributed by atoms with E-state index in [9.17, 15) is 4.79 Å². The van der Waals surface area contributed by atoms with E-state index >= 15 is 0 Å². The number of rotatable bonds is 6. The summed E-state index contributed by atoms with van der Waals surface area (Å²) in [5, 5.41) is 20.7. The van der Waals surface area contributed by atoms with Crippen LogP contribution in [-0.2, 0) is 11.3 Å². The number of hydrogen-bond acceptors (Lipinski definition) is 7. The van der Waals surface area contributed by atoms with Gasteiger partial charge in [-0.05, 0) is 12.8 Å². The number of hydrogen-bond donors (Lipinski definition) is 1. The zero-order valence-electron chi connectivity index (χ0n) is 14.2. The number of nitrogens with zero attached hydrogens (tertiary/aromatic N) is 5. The lowest BCUT2D eigenvalue weighted by molar-refractivity contribution is 0.00195. The molecule has 1 aliphatic rings. The maximum absolute atomic E-state index is 12.3. The molecule has 0 spiro atoms. The number of carbonyl (C=O) groups excluding carboxylic acids is 1. The Hall–Kier alpha value is -2.65. The van der Waals surface area contributed by atoms with Gasteiger partial charge in [0.2, 0.25) is 0 Å². The average Bonchev–Trinajstić information content (AvgIpc) is 3.29. The normalized spacial score (nSPS) is 19.1. The van der Waals surface area contributed by atoms with Crippen molar-refractivity contribution >= 4 is 17.2 Å². The summed E-state index contributed by atoms with van der Waals surface area (Å²) in [6, 6.07) is 10.1. The van der Waals surface area contributed by atoms with E-state index in [0.29, 0.717) is 12.2 Å². The minimum atomic E-state index is -0.268. The number of amides is 1. The molecule has 0 bridgehead atoms. The van der Waals surface area contributed by atoms with Crippen LogP contribution in [0.2, 0.25) is 0 Å². The van der Waals surface area contributed by atoms with Gasteiger partial charge in [0.05, 0.1) is 24.9 Å². The summed E-state index contributed by atoms with van der Waals surface area (Å²) in [5.74, 6) is -0.268. The molecular formula is C17H18N6O2S. The predicted molar refractivity (Wildman–Crippen MR) is 95.6 cm³/mol. The lowest BCUT2D eigenvalue weighted by Crippen LogP contribution is -2.32. The summed E-state index contributed by atoms with van der Waals surface area (Å²) >= 11 is 1.46. The molecule has 0 atom stereocenters. The highest BCUT2D eigenvalue weighted by molar-refractivity contribution is 7.14. The van der Waals surface area contributed by atoms with Gasteiger partial charge in [-0.3, -0.25) is 4.79 Å². The number of benzene rings is 1. The van der Waals surface area contributed by atoms with E-state index in [2.05, 4.69) is 25.8 Å². The molecule has 26 heavy (non-hydrogen) atoms. The number of methoxy groups -OCH3 is 1. The van der Waals surface area contributed by atoms with Crippen molar-refractivity contribution < 1.29 is 9.53 Å². The fourth-order valence-electron chi connectivity index (χ4n) is 2.77. The maximum Gasteiger partial charge on any atom is 0.273 e. The van der Waals surface area contributed by atoms with E-state index in [1.165, 1.54) is 11.3 Å². The molecule has 1 saturated carbocycles. The van der Waals surface area contributed by atoms with Crippen LogP contribution >= 0.6 is 11.3 Å². The fraction of sp³-hybridized carbons (Fsp3) is 0.353. The Kier molecular flexibility index (Phi) is 4.72. The molecule has 1 fully saturated rings. The molecular weight excluding hydrogens is 352 g/mol. The molecule has 2 aromatic heterocycles. The monoisotopic (exact) mass is 370 g/mol. The van der Waals surface area contributed by atoms with Crippen LogP contribution in [0.25, 0.3) is 10.6 Å². The van der Waals surface area contributed by atoms with Crippen LogP contribution in [-0.4, -0.2) is 44.3 Å². The number of carbonyl (C=O) groups is 1. The molecule has 1 aromatic carbocycles. The molecule has 0 unspecified atom stereocenters. The second kappa shape index (κ2) is 7.30. The molecule has 1 aliphatic carbocycles.